The lowest BCUT2D eigenvalue weighted by Gasteiger charge is -2.18. The van der Waals surface area contributed by atoms with Crippen molar-refractivity contribution in [3.8, 4) is 0 Å². The molecule has 0 aliphatic rings. The third-order valence-electron chi connectivity index (χ3n) is 14.8. The molecule has 0 spiro atoms. The summed E-state index contributed by atoms with van der Waals surface area (Å²) in [5.74, 6) is -0.894. The van der Waals surface area contributed by atoms with Crippen LogP contribution in [-0.2, 0) is 28.6 Å². The zero-order valence-electron chi connectivity index (χ0n) is 52.8. The van der Waals surface area contributed by atoms with E-state index >= 15 is 0 Å². The molecule has 0 aliphatic carbocycles. The minimum absolute atomic E-state index is 0.0828. The molecule has 0 aromatic carbocycles. The summed E-state index contributed by atoms with van der Waals surface area (Å²) in [5.41, 5.74) is 0. The minimum Gasteiger partial charge on any atom is -0.462 e. The van der Waals surface area contributed by atoms with Gasteiger partial charge in [0.1, 0.15) is 13.2 Å². The summed E-state index contributed by atoms with van der Waals surface area (Å²) < 4.78 is 16.9. The highest BCUT2D eigenvalue weighted by Gasteiger charge is 2.19. The van der Waals surface area contributed by atoms with E-state index in [1.165, 1.54) is 173 Å². The Hall–Kier alpha value is -3.67. The molecule has 0 amide bonds. The second-order valence-corrected chi connectivity index (χ2v) is 22.7. The molecule has 0 rings (SSSR count). The predicted molar refractivity (Wildman–Crippen MR) is 348 cm³/mol. The summed E-state index contributed by atoms with van der Waals surface area (Å²) in [6, 6.07) is 0. The monoisotopic (exact) mass is 1110 g/mol. The van der Waals surface area contributed by atoms with E-state index in [9.17, 15) is 14.4 Å². The molecule has 0 fully saturated rings. The van der Waals surface area contributed by atoms with E-state index in [1.54, 1.807) is 0 Å². The molecule has 6 heteroatoms. The van der Waals surface area contributed by atoms with Gasteiger partial charge < -0.3 is 14.2 Å². The Kier molecular flexibility index (Phi) is 64.7. The number of unbranched alkanes of at least 4 members (excludes halogenated alkanes) is 35. The predicted octanol–water partition coefficient (Wildman–Crippen LogP) is 23.6. The van der Waals surface area contributed by atoms with Gasteiger partial charge in [-0.2, -0.15) is 0 Å². The molecular weight excluding hydrogens is 985 g/mol. The van der Waals surface area contributed by atoms with Crippen LogP contribution in [0.2, 0.25) is 0 Å². The molecular formula is C74H128O6. The molecule has 1 atom stereocenters. The lowest BCUT2D eigenvalue weighted by molar-refractivity contribution is -0.167. The number of rotatable bonds is 62. The molecule has 0 saturated heterocycles. The van der Waals surface area contributed by atoms with Gasteiger partial charge in [-0.1, -0.05) is 298 Å². The van der Waals surface area contributed by atoms with E-state index in [0.717, 1.165) is 122 Å². The van der Waals surface area contributed by atoms with Gasteiger partial charge >= 0.3 is 17.9 Å². The van der Waals surface area contributed by atoms with Gasteiger partial charge in [-0.3, -0.25) is 14.4 Å². The van der Waals surface area contributed by atoms with Gasteiger partial charge in [0.2, 0.25) is 0 Å². The van der Waals surface area contributed by atoms with Crippen LogP contribution < -0.4 is 0 Å². The van der Waals surface area contributed by atoms with Crippen molar-refractivity contribution in [2.45, 2.75) is 341 Å². The Bertz CT molecular complexity index is 1560. The van der Waals surface area contributed by atoms with E-state index in [1.807, 2.05) is 0 Å². The van der Waals surface area contributed by atoms with Crippen molar-refractivity contribution in [1.29, 1.82) is 0 Å². The molecule has 0 radical (unpaired) electrons. The highest BCUT2D eigenvalue weighted by molar-refractivity contribution is 5.71. The minimum atomic E-state index is -0.787. The number of esters is 3. The van der Waals surface area contributed by atoms with Gasteiger partial charge in [0.15, 0.2) is 6.10 Å². The summed E-state index contributed by atoms with van der Waals surface area (Å²) in [6.07, 6.45) is 91.6. The maximum absolute atomic E-state index is 12.9. The maximum atomic E-state index is 12.9. The Labute approximate surface area is 496 Å². The molecule has 0 saturated carbocycles. The molecule has 460 valence electrons. The smallest absolute Gasteiger partial charge is 0.306 e. The summed E-state index contributed by atoms with van der Waals surface area (Å²) in [7, 11) is 0. The fourth-order valence-corrected chi connectivity index (χ4v) is 9.68. The average molecular weight is 1110 g/mol. The number of carbonyl (C=O) groups is 3. The number of hydrogen-bond donors (Lipinski definition) is 0. The lowest BCUT2D eigenvalue weighted by Crippen LogP contribution is -2.30. The summed E-state index contributed by atoms with van der Waals surface area (Å²) in [5, 5.41) is 0. The van der Waals surface area contributed by atoms with Crippen LogP contribution in [0.1, 0.15) is 335 Å². The molecule has 0 heterocycles. The van der Waals surface area contributed by atoms with Gasteiger partial charge in [0.05, 0.1) is 0 Å². The standard InChI is InChI=1S/C74H128O6/c1-4-7-10-13-16-19-22-24-26-28-30-32-33-34-35-36-37-38-39-40-41-43-44-46-48-50-52-55-58-61-64-67-73(76)79-70-71(69-78-72(75)66-63-60-57-54-21-18-15-12-9-6-3)80-74(77)68-65-62-59-56-53-51-49-47-45-42-31-29-27-25-23-20-17-14-11-8-5-2/h7,10,12,15-16,19,23-26,29-32,45,47,71H,4-6,8-9,11,13-14,17-18,20-22,27-28,33-44,46,48-70H2,1-3H3/b10-7-,15-12-,19-16-,25-23-,26-24-,31-29-,32-30-,47-45-. The Morgan fingerprint density at radius 3 is 0.825 bits per heavy atom. The van der Waals surface area contributed by atoms with Crippen LogP contribution in [0, 0.1) is 0 Å². The molecule has 0 bridgehead atoms. The van der Waals surface area contributed by atoms with Crippen molar-refractivity contribution in [3.63, 3.8) is 0 Å². The largest absolute Gasteiger partial charge is 0.462 e. The van der Waals surface area contributed by atoms with Crippen LogP contribution in [0.25, 0.3) is 0 Å². The molecule has 80 heavy (non-hydrogen) atoms. The quantitative estimate of drug-likeness (QED) is 0.0261. The third kappa shape index (κ3) is 65.1. The highest BCUT2D eigenvalue weighted by Crippen LogP contribution is 2.17. The average Bonchev–Trinajstić information content (AvgIpc) is 3.46. The lowest BCUT2D eigenvalue weighted by atomic mass is 10.0. The first-order valence-electron chi connectivity index (χ1n) is 34.2. The molecule has 0 aliphatic heterocycles. The van der Waals surface area contributed by atoms with Crippen LogP contribution in [0.3, 0.4) is 0 Å². The first kappa shape index (κ1) is 76.3. The zero-order valence-corrected chi connectivity index (χ0v) is 52.8. The summed E-state index contributed by atoms with van der Waals surface area (Å²) in [6.45, 7) is 6.47. The van der Waals surface area contributed by atoms with Crippen molar-refractivity contribution in [2.75, 3.05) is 13.2 Å². The fourth-order valence-electron chi connectivity index (χ4n) is 9.68. The van der Waals surface area contributed by atoms with E-state index in [2.05, 4.69) is 118 Å². The number of allylic oxidation sites excluding steroid dienone is 16. The first-order chi connectivity index (χ1) is 39.5. The van der Waals surface area contributed by atoms with Gasteiger partial charge in [-0.25, -0.2) is 0 Å². The SMILES string of the molecule is CC/C=C\C/C=C\C/C=C\C/C=C\CCCCCCCCCCCCCCCCCCCCC(=O)OCC(COC(=O)CCCCCCC/C=C\CCC)OC(=O)CCCCCCCC/C=C\C/C=C\C/C=C\CCCCCCC. The Balaban J connectivity index is 4.17. The number of ether oxygens (including phenoxy) is 3. The molecule has 1 unspecified atom stereocenters. The van der Waals surface area contributed by atoms with Crippen molar-refractivity contribution in [2.24, 2.45) is 0 Å². The second kappa shape index (κ2) is 67.8. The molecule has 0 aromatic rings. The Morgan fingerprint density at radius 1 is 0.263 bits per heavy atom. The second-order valence-electron chi connectivity index (χ2n) is 22.7. The van der Waals surface area contributed by atoms with Gasteiger partial charge in [-0.15, -0.1) is 0 Å². The van der Waals surface area contributed by atoms with Crippen molar-refractivity contribution >= 4 is 17.9 Å². The summed E-state index contributed by atoms with van der Waals surface area (Å²) in [4.78, 5) is 38.3. The highest BCUT2D eigenvalue weighted by atomic mass is 16.6. The van der Waals surface area contributed by atoms with Crippen molar-refractivity contribution in [1.82, 2.24) is 0 Å². The fraction of sp³-hybridized carbons (Fsp3) is 0.743. The number of hydrogen-bond acceptors (Lipinski definition) is 6. The van der Waals surface area contributed by atoms with Crippen LogP contribution in [0.15, 0.2) is 97.2 Å². The van der Waals surface area contributed by atoms with E-state index in [0.29, 0.717) is 19.3 Å². The third-order valence-corrected chi connectivity index (χ3v) is 14.8. The van der Waals surface area contributed by atoms with Gasteiger partial charge in [-0.05, 0) is 116 Å². The van der Waals surface area contributed by atoms with Crippen molar-refractivity contribution in [3.05, 3.63) is 97.2 Å². The van der Waals surface area contributed by atoms with Gasteiger partial charge in [0, 0.05) is 19.3 Å². The summed E-state index contributed by atoms with van der Waals surface area (Å²) >= 11 is 0. The van der Waals surface area contributed by atoms with Crippen LogP contribution >= 0.6 is 0 Å². The van der Waals surface area contributed by atoms with Crippen LogP contribution in [0.4, 0.5) is 0 Å². The first-order valence-corrected chi connectivity index (χ1v) is 34.2. The van der Waals surface area contributed by atoms with Crippen molar-refractivity contribution < 1.29 is 28.6 Å². The normalized spacial score (nSPS) is 12.7. The maximum Gasteiger partial charge on any atom is 0.306 e. The van der Waals surface area contributed by atoms with Crippen LogP contribution in [-0.4, -0.2) is 37.2 Å². The Morgan fingerprint density at radius 2 is 0.512 bits per heavy atom. The molecule has 0 aromatic heterocycles. The van der Waals surface area contributed by atoms with E-state index < -0.39 is 6.10 Å². The topological polar surface area (TPSA) is 78.9 Å². The van der Waals surface area contributed by atoms with Crippen LogP contribution in [0.5, 0.6) is 0 Å². The van der Waals surface area contributed by atoms with E-state index in [4.69, 9.17) is 14.2 Å². The molecule has 0 N–H and O–H groups in total. The molecule has 6 nitrogen and oxygen atoms in total. The zero-order chi connectivity index (χ0) is 57.8. The van der Waals surface area contributed by atoms with Gasteiger partial charge in [0.25, 0.3) is 0 Å². The number of carbonyl (C=O) groups excluding carboxylic acids is 3. The van der Waals surface area contributed by atoms with E-state index in [-0.39, 0.29) is 31.1 Å².